The van der Waals surface area contributed by atoms with Crippen molar-refractivity contribution in [3.63, 3.8) is 0 Å². The second-order valence-electron chi connectivity index (χ2n) is 22.4. The summed E-state index contributed by atoms with van der Waals surface area (Å²) < 4.78 is 23.4. The number of rotatable bonds is 57. The number of phosphoric ester groups is 1. The number of nitrogens with one attached hydrogen (secondary N) is 1. The molecule has 0 saturated carbocycles. The van der Waals surface area contributed by atoms with Gasteiger partial charge in [-0.2, -0.15) is 0 Å². The molecular formula is C60H121N2O6P. The molecule has 0 heterocycles. The molecule has 0 spiro atoms. The highest BCUT2D eigenvalue weighted by Crippen LogP contribution is 2.38. The number of aliphatic hydroxyl groups excluding tert-OH is 1. The Kier molecular flexibility index (Phi) is 51.5. The molecule has 0 aromatic carbocycles. The van der Waals surface area contributed by atoms with Crippen molar-refractivity contribution in [1.82, 2.24) is 5.32 Å². The number of unbranched alkanes of at least 4 members (excludes halogenated alkanes) is 44. The number of hydrogen-bond donors (Lipinski definition) is 2. The van der Waals surface area contributed by atoms with Crippen molar-refractivity contribution >= 4 is 13.7 Å². The molecule has 412 valence electrons. The van der Waals surface area contributed by atoms with Crippen LogP contribution in [0.5, 0.6) is 0 Å². The van der Waals surface area contributed by atoms with E-state index in [4.69, 9.17) is 9.05 Å². The van der Waals surface area contributed by atoms with Crippen molar-refractivity contribution < 1.29 is 32.9 Å². The largest absolute Gasteiger partial charge is 0.756 e. The lowest BCUT2D eigenvalue weighted by atomic mass is 10.0. The van der Waals surface area contributed by atoms with E-state index in [1.165, 1.54) is 257 Å². The van der Waals surface area contributed by atoms with Gasteiger partial charge in [0.2, 0.25) is 5.91 Å². The number of phosphoric acid groups is 1. The summed E-state index contributed by atoms with van der Waals surface area (Å²) >= 11 is 0. The van der Waals surface area contributed by atoms with Gasteiger partial charge < -0.3 is 28.8 Å². The SMILES string of the molecule is CCCCCCCCCCCCCCCCCCCCCCCCCCCC/C=C/C(O)C(COP(=O)([O-])OCC[N+](C)(C)C)NC(=O)CCCCCCCCCCCCCCCCCCCCC. The smallest absolute Gasteiger partial charge is 0.268 e. The van der Waals surface area contributed by atoms with Gasteiger partial charge in [-0.3, -0.25) is 9.36 Å². The minimum atomic E-state index is -4.59. The van der Waals surface area contributed by atoms with Gasteiger partial charge in [0.25, 0.3) is 7.82 Å². The number of quaternary nitrogens is 1. The van der Waals surface area contributed by atoms with Gasteiger partial charge in [-0.25, -0.2) is 0 Å². The Labute approximate surface area is 431 Å². The molecule has 0 aromatic heterocycles. The van der Waals surface area contributed by atoms with Crippen LogP contribution in [0.4, 0.5) is 0 Å². The normalized spacial score (nSPS) is 13.9. The summed E-state index contributed by atoms with van der Waals surface area (Å²) in [6.07, 6.45) is 64.4. The lowest BCUT2D eigenvalue weighted by Crippen LogP contribution is -2.45. The number of aliphatic hydroxyl groups is 1. The number of amides is 1. The molecule has 0 rings (SSSR count). The van der Waals surface area contributed by atoms with E-state index in [0.29, 0.717) is 17.4 Å². The van der Waals surface area contributed by atoms with Gasteiger partial charge in [0.15, 0.2) is 0 Å². The van der Waals surface area contributed by atoms with Crippen molar-refractivity contribution in [1.29, 1.82) is 0 Å². The highest BCUT2D eigenvalue weighted by Gasteiger charge is 2.23. The Morgan fingerprint density at radius 3 is 1.09 bits per heavy atom. The third-order valence-electron chi connectivity index (χ3n) is 14.2. The first kappa shape index (κ1) is 68.2. The monoisotopic (exact) mass is 997 g/mol. The van der Waals surface area contributed by atoms with E-state index in [1.54, 1.807) is 6.08 Å². The first-order valence-electron chi connectivity index (χ1n) is 30.6. The Hall–Kier alpha value is -0.760. The van der Waals surface area contributed by atoms with Crippen LogP contribution in [0.25, 0.3) is 0 Å². The molecule has 3 atom stereocenters. The Bertz CT molecular complexity index is 1130. The first-order valence-corrected chi connectivity index (χ1v) is 32.0. The van der Waals surface area contributed by atoms with Crippen LogP contribution in [0.2, 0.25) is 0 Å². The molecular weight excluding hydrogens is 876 g/mol. The van der Waals surface area contributed by atoms with Crippen LogP contribution in [0.15, 0.2) is 12.2 Å². The molecule has 0 fully saturated rings. The van der Waals surface area contributed by atoms with Crippen LogP contribution in [-0.4, -0.2) is 68.5 Å². The van der Waals surface area contributed by atoms with E-state index >= 15 is 0 Å². The van der Waals surface area contributed by atoms with E-state index < -0.39 is 20.0 Å². The third-order valence-corrected chi connectivity index (χ3v) is 15.2. The molecule has 3 unspecified atom stereocenters. The fraction of sp³-hybridized carbons (Fsp3) is 0.950. The molecule has 0 aliphatic rings. The molecule has 0 saturated heterocycles. The maximum atomic E-state index is 13.0. The van der Waals surface area contributed by atoms with Crippen LogP contribution in [0.1, 0.15) is 316 Å². The molecule has 0 aromatic rings. The molecule has 0 radical (unpaired) electrons. The lowest BCUT2D eigenvalue weighted by Gasteiger charge is -2.29. The summed E-state index contributed by atoms with van der Waals surface area (Å²) in [6, 6.07) is -0.882. The fourth-order valence-electron chi connectivity index (χ4n) is 9.45. The van der Waals surface area contributed by atoms with E-state index in [9.17, 15) is 19.4 Å². The molecule has 0 bridgehead atoms. The summed E-state index contributed by atoms with van der Waals surface area (Å²) in [7, 11) is 1.28. The van der Waals surface area contributed by atoms with Gasteiger partial charge in [-0.05, 0) is 19.3 Å². The van der Waals surface area contributed by atoms with Crippen molar-refractivity contribution in [3.05, 3.63) is 12.2 Å². The predicted molar refractivity (Wildman–Crippen MR) is 298 cm³/mol. The lowest BCUT2D eigenvalue weighted by molar-refractivity contribution is -0.870. The van der Waals surface area contributed by atoms with Crippen molar-refractivity contribution in [2.45, 2.75) is 328 Å². The van der Waals surface area contributed by atoms with Crippen LogP contribution >= 0.6 is 7.82 Å². The number of hydrogen-bond acceptors (Lipinski definition) is 6. The zero-order valence-electron chi connectivity index (χ0n) is 47.0. The van der Waals surface area contributed by atoms with Gasteiger partial charge >= 0.3 is 0 Å². The quantitative estimate of drug-likeness (QED) is 0.0272. The second kappa shape index (κ2) is 52.1. The van der Waals surface area contributed by atoms with Crippen LogP contribution in [0.3, 0.4) is 0 Å². The Balaban J connectivity index is 4.12. The van der Waals surface area contributed by atoms with E-state index in [-0.39, 0.29) is 19.1 Å². The molecule has 0 aliphatic carbocycles. The molecule has 69 heavy (non-hydrogen) atoms. The summed E-state index contributed by atoms with van der Waals surface area (Å²) in [5.74, 6) is -0.190. The number of carbonyl (C=O) groups excluding carboxylic acids is 1. The summed E-state index contributed by atoms with van der Waals surface area (Å²) in [5, 5.41) is 13.9. The second-order valence-corrected chi connectivity index (χ2v) is 23.8. The highest BCUT2D eigenvalue weighted by atomic mass is 31.2. The summed E-state index contributed by atoms with van der Waals surface area (Å²) in [6.45, 7) is 4.71. The number of nitrogens with zero attached hydrogens (tertiary/aromatic N) is 1. The minimum absolute atomic E-state index is 0.00277. The molecule has 0 aliphatic heterocycles. The number of carbonyl (C=O) groups is 1. The highest BCUT2D eigenvalue weighted by molar-refractivity contribution is 7.45. The van der Waals surface area contributed by atoms with Crippen LogP contribution in [-0.2, 0) is 18.4 Å². The van der Waals surface area contributed by atoms with Crippen molar-refractivity contribution in [2.75, 3.05) is 40.9 Å². The van der Waals surface area contributed by atoms with E-state index in [0.717, 1.165) is 38.5 Å². The van der Waals surface area contributed by atoms with Gasteiger partial charge in [-0.15, -0.1) is 0 Å². The minimum Gasteiger partial charge on any atom is -0.756 e. The molecule has 2 N–H and O–H groups in total. The van der Waals surface area contributed by atoms with Crippen molar-refractivity contribution in [2.24, 2.45) is 0 Å². The maximum absolute atomic E-state index is 13.0. The van der Waals surface area contributed by atoms with Gasteiger partial charge in [0.1, 0.15) is 13.2 Å². The van der Waals surface area contributed by atoms with Gasteiger partial charge in [0.05, 0.1) is 39.9 Å². The first-order chi connectivity index (χ1) is 33.5. The average molecular weight is 998 g/mol. The summed E-state index contributed by atoms with van der Waals surface area (Å²) in [5.41, 5.74) is 0. The fourth-order valence-corrected chi connectivity index (χ4v) is 10.2. The summed E-state index contributed by atoms with van der Waals surface area (Å²) in [4.78, 5) is 25.5. The third kappa shape index (κ3) is 54.8. The molecule has 9 heteroatoms. The Morgan fingerprint density at radius 1 is 0.493 bits per heavy atom. The zero-order chi connectivity index (χ0) is 50.6. The standard InChI is InChI=1S/C60H121N2O6P/c1-6-8-10-12-14-16-18-20-22-24-26-27-28-29-30-31-32-33-34-36-37-39-41-43-45-47-49-51-53-59(63)58(57-68-69(65,66)67-56-55-62(3,4)5)61-60(64)54-52-50-48-46-44-42-40-38-35-25-23-21-19-17-15-13-11-9-7-2/h51,53,58-59,63H,6-50,52,54-57H2,1-5H3,(H-,61,64,65,66)/b53-51+. The van der Waals surface area contributed by atoms with Crippen LogP contribution in [0, 0.1) is 0 Å². The molecule has 1 amide bonds. The van der Waals surface area contributed by atoms with E-state index in [2.05, 4.69) is 19.2 Å². The molecule has 8 nitrogen and oxygen atoms in total. The number of allylic oxidation sites excluding steroid dienone is 1. The number of likely N-dealkylation sites (N-methyl/N-ethyl adjacent to an activating group) is 1. The average Bonchev–Trinajstić information content (AvgIpc) is 3.31. The predicted octanol–water partition coefficient (Wildman–Crippen LogP) is 18.0. The van der Waals surface area contributed by atoms with Gasteiger partial charge in [-0.1, -0.05) is 302 Å². The maximum Gasteiger partial charge on any atom is 0.268 e. The Morgan fingerprint density at radius 2 is 0.783 bits per heavy atom. The zero-order valence-corrected chi connectivity index (χ0v) is 47.9. The van der Waals surface area contributed by atoms with Gasteiger partial charge in [0, 0.05) is 6.42 Å². The van der Waals surface area contributed by atoms with Crippen molar-refractivity contribution in [3.8, 4) is 0 Å². The van der Waals surface area contributed by atoms with Crippen LogP contribution < -0.4 is 10.2 Å². The topological polar surface area (TPSA) is 108 Å². The van der Waals surface area contributed by atoms with E-state index in [1.807, 2.05) is 27.2 Å².